The minimum Gasteiger partial charge on any atom is -0.481 e. The molecule has 0 aromatic heterocycles. The van der Waals surface area contributed by atoms with Gasteiger partial charge in [0.05, 0.1) is 26.2 Å². The number of rotatable bonds is 10. The lowest BCUT2D eigenvalue weighted by molar-refractivity contribution is -0.140. The van der Waals surface area contributed by atoms with Gasteiger partial charge >= 0.3 is 11.9 Å². The number of nitrogens with one attached hydrogen (secondary N) is 1. The summed E-state index contributed by atoms with van der Waals surface area (Å²) in [5, 5.41) is 8.31. The molecule has 0 rings (SSSR count). The molecule has 8 nitrogen and oxygen atoms in total. The molecule has 0 amide bonds. The molecule has 2 N–H and O–H groups in total. The third-order valence-corrected chi connectivity index (χ3v) is 2.90. The van der Waals surface area contributed by atoms with Crippen molar-refractivity contribution in [3.63, 3.8) is 0 Å². The maximum absolute atomic E-state index is 11.3. The zero-order valence-corrected chi connectivity index (χ0v) is 10.9. The van der Waals surface area contributed by atoms with Gasteiger partial charge in [-0.1, -0.05) is 0 Å². The van der Waals surface area contributed by atoms with Crippen LogP contribution in [0.5, 0.6) is 0 Å². The maximum atomic E-state index is 11.3. The number of sulfonamides is 1. The largest absolute Gasteiger partial charge is 0.481 e. The Labute approximate surface area is 105 Å². The van der Waals surface area contributed by atoms with Crippen molar-refractivity contribution in [2.24, 2.45) is 0 Å². The van der Waals surface area contributed by atoms with Crippen molar-refractivity contribution in [2.45, 2.75) is 13.3 Å². The number of hydrogen-bond donors (Lipinski definition) is 2. The van der Waals surface area contributed by atoms with Crippen LogP contribution in [0.2, 0.25) is 0 Å². The van der Waals surface area contributed by atoms with E-state index in [0.29, 0.717) is 0 Å². The lowest BCUT2D eigenvalue weighted by Crippen LogP contribution is -2.33. The van der Waals surface area contributed by atoms with Gasteiger partial charge in [-0.25, -0.2) is 13.1 Å². The summed E-state index contributed by atoms with van der Waals surface area (Å²) >= 11 is 0. The highest BCUT2D eigenvalue weighted by atomic mass is 32.2. The molecule has 0 aromatic carbocycles. The molecule has 0 spiro atoms. The van der Waals surface area contributed by atoms with Gasteiger partial charge in [0.15, 0.2) is 5.75 Å². The predicted octanol–water partition coefficient (Wildman–Crippen LogP) is -1.04. The van der Waals surface area contributed by atoms with Crippen LogP contribution in [0.3, 0.4) is 0 Å². The van der Waals surface area contributed by atoms with Crippen LogP contribution >= 0.6 is 0 Å². The van der Waals surface area contributed by atoms with E-state index in [9.17, 15) is 18.0 Å². The van der Waals surface area contributed by atoms with Crippen LogP contribution in [0, 0.1) is 0 Å². The molecule has 0 atom stereocenters. The summed E-state index contributed by atoms with van der Waals surface area (Å²) in [6.07, 6.45) is -0.143. The number of carboxylic acid groups (broad SMARTS) is 1. The fourth-order valence-electron chi connectivity index (χ4n) is 0.940. The molecule has 0 aliphatic heterocycles. The van der Waals surface area contributed by atoms with Gasteiger partial charge in [0.2, 0.25) is 10.0 Å². The summed E-state index contributed by atoms with van der Waals surface area (Å²) in [6, 6.07) is 0. The molecule has 0 fully saturated rings. The van der Waals surface area contributed by atoms with Gasteiger partial charge in [0.25, 0.3) is 0 Å². The molecule has 106 valence electrons. The van der Waals surface area contributed by atoms with Crippen molar-refractivity contribution in [1.82, 2.24) is 4.72 Å². The quantitative estimate of drug-likeness (QED) is 0.388. The number of esters is 1. The first-order valence-corrected chi connectivity index (χ1v) is 6.95. The van der Waals surface area contributed by atoms with Gasteiger partial charge in [-0.2, -0.15) is 0 Å². The SMILES string of the molecule is CCOC(=O)CS(=O)(=O)NCCOCCC(=O)O. The molecular weight excluding hydrogens is 266 g/mol. The van der Waals surface area contributed by atoms with Crippen molar-refractivity contribution in [3.05, 3.63) is 0 Å². The normalized spacial score (nSPS) is 11.2. The third kappa shape index (κ3) is 10.00. The van der Waals surface area contributed by atoms with E-state index in [1.165, 1.54) is 0 Å². The van der Waals surface area contributed by atoms with E-state index in [2.05, 4.69) is 9.46 Å². The van der Waals surface area contributed by atoms with Crippen LogP contribution in [0.1, 0.15) is 13.3 Å². The molecule has 0 saturated heterocycles. The Morgan fingerprint density at radius 3 is 2.50 bits per heavy atom. The first kappa shape index (κ1) is 16.8. The second-order valence-corrected chi connectivity index (χ2v) is 5.02. The highest BCUT2D eigenvalue weighted by molar-refractivity contribution is 7.90. The van der Waals surface area contributed by atoms with Gasteiger partial charge in [0, 0.05) is 6.54 Å². The molecule has 0 aliphatic carbocycles. The van der Waals surface area contributed by atoms with Gasteiger partial charge in [-0.15, -0.1) is 0 Å². The van der Waals surface area contributed by atoms with Crippen LogP contribution in [0.4, 0.5) is 0 Å². The van der Waals surface area contributed by atoms with Crippen LogP contribution in [0.25, 0.3) is 0 Å². The number of carbonyl (C=O) groups is 2. The molecule has 0 radical (unpaired) electrons. The van der Waals surface area contributed by atoms with E-state index in [1.807, 2.05) is 0 Å². The first-order chi connectivity index (χ1) is 8.37. The number of aliphatic carboxylic acids is 1. The first-order valence-electron chi connectivity index (χ1n) is 5.30. The lowest BCUT2D eigenvalue weighted by Gasteiger charge is -2.06. The van der Waals surface area contributed by atoms with Gasteiger partial charge in [0.1, 0.15) is 0 Å². The molecule has 0 saturated carbocycles. The van der Waals surface area contributed by atoms with E-state index >= 15 is 0 Å². The Hall–Kier alpha value is -1.19. The Bertz CT molecular complexity index is 365. The Balaban J connectivity index is 3.71. The van der Waals surface area contributed by atoms with Gasteiger partial charge in [-0.3, -0.25) is 9.59 Å². The minimum atomic E-state index is -3.73. The zero-order chi connectivity index (χ0) is 14.0. The van der Waals surface area contributed by atoms with Crippen LogP contribution < -0.4 is 4.72 Å². The fourth-order valence-corrected chi connectivity index (χ4v) is 1.83. The Morgan fingerprint density at radius 2 is 1.94 bits per heavy atom. The topological polar surface area (TPSA) is 119 Å². The van der Waals surface area contributed by atoms with Crippen LogP contribution in [0.15, 0.2) is 0 Å². The van der Waals surface area contributed by atoms with Crippen molar-refractivity contribution in [1.29, 1.82) is 0 Å². The molecule has 0 bridgehead atoms. The van der Waals surface area contributed by atoms with Crippen molar-refractivity contribution in [2.75, 3.05) is 32.1 Å². The van der Waals surface area contributed by atoms with Crippen molar-refractivity contribution in [3.8, 4) is 0 Å². The van der Waals surface area contributed by atoms with Crippen LogP contribution in [-0.4, -0.2) is 57.6 Å². The summed E-state index contributed by atoms with van der Waals surface area (Å²) < 4.78 is 34.1. The molecule has 0 aliphatic rings. The zero-order valence-electron chi connectivity index (χ0n) is 10.0. The Kier molecular flexibility index (Phi) is 8.25. The number of ether oxygens (including phenoxy) is 2. The Morgan fingerprint density at radius 1 is 1.28 bits per heavy atom. The van der Waals surface area contributed by atoms with E-state index < -0.39 is 27.7 Å². The number of carboxylic acids is 1. The van der Waals surface area contributed by atoms with E-state index in [4.69, 9.17) is 9.84 Å². The summed E-state index contributed by atoms with van der Waals surface area (Å²) in [4.78, 5) is 21.1. The smallest absolute Gasteiger partial charge is 0.322 e. The second kappa shape index (κ2) is 8.84. The second-order valence-electron chi connectivity index (χ2n) is 3.21. The third-order valence-electron chi connectivity index (χ3n) is 1.64. The summed E-state index contributed by atoms with van der Waals surface area (Å²) in [5.74, 6) is -2.55. The maximum Gasteiger partial charge on any atom is 0.322 e. The molecule has 18 heavy (non-hydrogen) atoms. The molecule has 0 unspecified atom stereocenters. The van der Waals surface area contributed by atoms with E-state index in [0.717, 1.165) is 0 Å². The van der Waals surface area contributed by atoms with E-state index in [-0.39, 0.29) is 32.8 Å². The molecule has 9 heteroatoms. The average molecular weight is 283 g/mol. The standard InChI is InChI=1S/C9H17NO7S/c1-2-17-9(13)7-18(14,15)10-4-6-16-5-3-8(11)12/h10H,2-7H2,1H3,(H,11,12). The molecule has 0 heterocycles. The van der Waals surface area contributed by atoms with E-state index in [1.54, 1.807) is 6.92 Å². The fraction of sp³-hybridized carbons (Fsp3) is 0.778. The highest BCUT2D eigenvalue weighted by Crippen LogP contribution is 1.88. The van der Waals surface area contributed by atoms with Crippen LogP contribution in [-0.2, 0) is 29.1 Å². The van der Waals surface area contributed by atoms with Crippen molar-refractivity contribution < 1.29 is 32.6 Å². The summed E-state index contributed by atoms with van der Waals surface area (Å²) in [5.41, 5.74) is 0. The average Bonchev–Trinajstić information content (AvgIpc) is 2.22. The minimum absolute atomic E-state index is 0.00887. The lowest BCUT2D eigenvalue weighted by atomic mass is 10.5. The number of carbonyl (C=O) groups excluding carboxylic acids is 1. The number of hydrogen-bond acceptors (Lipinski definition) is 6. The predicted molar refractivity (Wildman–Crippen MR) is 61.5 cm³/mol. The summed E-state index contributed by atoms with van der Waals surface area (Å²) in [7, 11) is -3.73. The molecular formula is C9H17NO7S. The summed E-state index contributed by atoms with van der Waals surface area (Å²) in [6.45, 7) is 1.71. The van der Waals surface area contributed by atoms with Gasteiger partial charge < -0.3 is 14.6 Å². The monoisotopic (exact) mass is 283 g/mol. The van der Waals surface area contributed by atoms with Crippen molar-refractivity contribution >= 4 is 22.0 Å². The molecule has 0 aromatic rings. The van der Waals surface area contributed by atoms with Gasteiger partial charge in [-0.05, 0) is 6.92 Å². The highest BCUT2D eigenvalue weighted by Gasteiger charge is 2.16.